The van der Waals surface area contributed by atoms with Crippen LogP contribution >= 0.6 is 15.9 Å². The molecule has 8 nitrogen and oxygen atoms in total. The van der Waals surface area contributed by atoms with Crippen molar-refractivity contribution < 1.29 is 23.9 Å². The Hall–Kier alpha value is -3.07. The van der Waals surface area contributed by atoms with Crippen molar-refractivity contribution in [1.29, 1.82) is 0 Å². The maximum atomic E-state index is 12.2. The van der Waals surface area contributed by atoms with Gasteiger partial charge in [0.25, 0.3) is 17.7 Å². The monoisotopic (exact) mass is 461 g/mol. The number of hydrazine groups is 1. The number of ether oxygens (including phenoxy) is 2. The Morgan fingerprint density at radius 1 is 1.14 bits per heavy atom. The predicted molar refractivity (Wildman–Crippen MR) is 110 cm³/mol. The number of aryl methyl sites for hydroxylation is 2. The van der Waals surface area contributed by atoms with Crippen LogP contribution in [0.3, 0.4) is 0 Å². The number of carbonyl (C=O) groups excluding carboxylic acids is 3. The molecule has 152 valence electrons. The van der Waals surface area contributed by atoms with Gasteiger partial charge in [0.15, 0.2) is 13.2 Å². The molecule has 29 heavy (non-hydrogen) atoms. The summed E-state index contributed by atoms with van der Waals surface area (Å²) in [5.74, 6) is -0.309. The van der Waals surface area contributed by atoms with Crippen LogP contribution in [0.5, 0.6) is 11.5 Å². The molecular weight excluding hydrogens is 442 g/mol. The molecule has 0 radical (unpaired) electrons. The van der Waals surface area contributed by atoms with Crippen LogP contribution in [0.15, 0.2) is 40.9 Å². The van der Waals surface area contributed by atoms with Gasteiger partial charge in [0, 0.05) is 4.47 Å². The van der Waals surface area contributed by atoms with Gasteiger partial charge in [-0.2, -0.15) is 0 Å². The van der Waals surface area contributed by atoms with E-state index in [0.29, 0.717) is 17.2 Å². The topological polar surface area (TPSA) is 97.0 Å². The molecule has 0 saturated carbocycles. The highest BCUT2D eigenvalue weighted by Crippen LogP contribution is 2.34. The number of halogens is 1. The Kier molecular flexibility index (Phi) is 6.38. The first kappa shape index (κ1) is 20.7. The Labute approximate surface area is 176 Å². The highest BCUT2D eigenvalue weighted by atomic mass is 79.9. The molecule has 1 aliphatic rings. The van der Waals surface area contributed by atoms with Gasteiger partial charge in [-0.3, -0.25) is 30.1 Å². The summed E-state index contributed by atoms with van der Waals surface area (Å²) in [7, 11) is 0. The van der Waals surface area contributed by atoms with Crippen molar-refractivity contribution in [2.75, 3.05) is 24.7 Å². The summed E-state index contributed by atoms with van der Waals surface area (Å²) in [6, 6.07) is 10.8. The minimum Gasteiger partial charge on any atom is -0.483 e. The van der Waals surface area contributed by atoms with Gasteiger partial charge in [-0.15, -0.1) is 0 Å². The van der Waals surface area contributed by atoms with Gasteiger partial charge in [-0.25, -0.2) is 0 Å². The Bertz CT molecular complexity index is 963. The number of amides is 3. The molecule has 0 spiro atoms. The van der Waals surface area contributed by atoms with Gasteiger partial charge in [0.2, 0.25) is 0 Å². The van der Waals surface area contributed by atoms with E-state index in [1.165, 1.54) is 4.90 Å². The van der Waals surface area contributed by atoms with E-state index in [1.807, 2.05) is 32.0 Å². The molecule has 0 unspecified atom stereocenters. The van der Waals surface area contributed by atoms with Gasteiger partial charge < -0.3 is 9.47 Å². The van der Waals surface area contributed by atoms with E-state index in [4.69, 9.17) is 9.47 Å². The third-order valence-corrected chi connectivity index (χ3v) is 4.70. The molecule has 0 fully saturated rings. The lowest BCUT2D eigenvalue weighted by Crippen LogP contribution is -2.50. The van der Waals surface area contributed by atoms with Crippen LogP contribution in [-0.2, 0) is 14.4 Å². The van der Waals surface area contributed by atoms with Gasteiger partial charge in [-0.1, -0.05) is 28.1 Å². The van der Waals surface area contributed by atoms with Crippen LogP contribution < -0.4 is 25.2 Å². The number of anilines is 1. The van der Waals surface area contributed by atoms with E-state index < -0.39 is 11.8 Å². The molecule has 0 aromatic heterocycles. The van der Waals surface area contributed by atoms with E-state index in [9.17, 15) is 14.4 Å². The first-order chi connectivity index (χ1) is 13.8. The Morgan fingerprint density at radius 3 is 2.69 bits per heavy atom. The molecule has 0 bridgehead atoms. The lowest BCUT2D eigenvalue weighted by molar-refractivity contribution is -0.130. The van der Waals surface area contributed by atoms with Crippen molar-refractivity contribution in [3.63, 3.8) is 0 Å². The fourth-order valence-corrected chi connectivity index (χ4v) is 3.06. The van der Waals surface area contributed by atoms with Crippen LogP contribution in [0.1, 0.15) is 11.1 Å². The molecule has 3 amide bonds. The smallest absolute Gasteiger partial charge is 0.276 e. The van der Waals surface area contributed by atoms with Crippen molar-refractivity contribution in [1.82, 2.24) is 10.9 Å². The van der Waals surface area contributed by atoms with Crippen molar-refractivity contribution in [3.8, 4) is 11.5 Å². The lowest BCUT2D eigenvalue weighted by Gasteiger charge is -2.28. The summed E-state index contributed by atoms with van der Waals surface area (Å²) in [6.45, 7) is 3.14. The van der Waals surface area contributed by atoms with Gasteiger partial charge in [0.05, 0.1) is 5.69 Å². The minimum absolute atomic E-state index is 0.160. The van der Waals surface area contributed by atoms with Crippen LogP contribution in [0.25, 0.3) is 0 Å². The molecule has 0 aliphatic carbocycles. The van der Waals surface area contributed by atoms with Gasteiger partial charge >= 0.3 is 0 Å². The number of benzene rings is 2. The van der Waals surface area contributed by atoms with Crippen molar-refractivity contribution in [2.24, 2.45) is 0 Å². The van der Waals surface area contributed by atoms with E-state index in [0.717, 1.165) is 15.6 Å². The molecule has 1 aliphatic heterocycles. The first-order valence-electron chi connectivity index (χ1n) is 8.84. The Balaban J connectivity index is 1.51. The zero-order valence-electron chi connectivity index (χ0n) is 16.0. The molecule has 9 heteroatoms. The number of rotatable bonds is 5. The number of fused-ring (bicyclic) bond motifs is 1. The molecule has 1 heterocycles. The van der Waals surface area contributed by atoms with Gasteiger partial charge in [0.1, 0.15) is 18.0 Å². The van der Waals surface area contributed by atoms with Crippen molar-refractivity contribution in [2.45, 2.75) is 13.8 Å². The summed E-state index contributed by atoms with van der Waals surface area (Å²) in [5.41, 5.74) is 6.99. The molecule has 2 aromatic rings. The molecule has 0 atom stereocenters. The van der Waals surface area contributed by atoms with Crippen LogP contribution in [-0.4, -0.2) is 37.5 Å². The molecule has 2 aromatic carbocycles. The second-order valence-electron chi connectivity index (χ2n) is 6.53. The second kappa shape index (κ2) is 8.95. The summed E-state index contributed by atoms with van der Waals surface area (Å²) < 4.78 is 11.7. The minimum atomic E-state index is -0.547. The number of nitrogens with one attached hydrogen (secondary N) is 2. The average molecular weight is 462 g/mol. The number of carbonyl (C=O) groups is 3. The van der Waals surface area contributed by atoms with Crippen molar-refractivity contribution >= 4 is 39.3 Å². The first-order valence-corrected chi connectivity index (χ1v) is 9.63. The Morgan fingerprint density at radius 2 is 1.90 bits per heavy atom. The van der Waals surface area contributed by atoms with Crippen LogP contribution in [0, 0.1) is 13.8 Å². The van der Waals surface area contributed by atoms with Crippen LogP contribution in [0.4, 0.5) is 5.69 Å². The maximum absolute atomic E-state index is 12.2. The van der Waals surface area contributed by atoms with E-state index in [1.54, 1.807) is 18.2 Å². The highest BCUT2D eigenvalue weighted by Gasteiger charge is 2.27. The maximum Gasteiger partial charge on any atom is 0.276 e. The standard InChI is InChI=1S/C20H20BrN3O5/c1-12-3-4-13(2)16(7-12)28-10-19(26)23-22-18(25)9-24-15-6-5-14(21)8-17(15)29-11-20(24)27/h3-8H,9-11H2,1-2H3,(H,22,25)(H,23,26). The van der Waals surface area contributed by atoms with Crippen LogP contribution in [0.2, 0.25) is 0 Å². The fraction of sp³-hybridized carbons (Fsp3) is 0.250. The average Bonchev–Trinajstić information content (AvgIpc) is 2.69. The molecule has 0 saturated heterocycles. The normalized spacial score (nSPS) is 12.7. The summed E-state index contributed by atoms with van der Waals surface area (Å²) in [5, 5.41) is 0. The zero-order valence-corrected chi connectivity index (χ0v) is 17.5. The SMILES string of the molecule is Cc1ccc(C)c(OCC(=O)NNC(=O)CN2C(=O)COc3cc(Br)ccc32)c1. The third-order valence-electron chi connectivity index (χ3n) is 4.21. The quantitative estimate of drug-likeness (QED) is 0.663. The zero-order chi connectivity index (χ0) is 21.0. The largest absolute Gasteiger partial charge is 0.483 e. The summed E-state index contributed by atoms with van der Waals surface area (Å²) >= 11 is 3.33. The van der Waals surface area contributed by atoms with Gasteiger partial charge in [-0.05, 0) is 49.2 Å². The second-order valence-corrected chi connectivity index (χ2v) is 7.45. The predicted octanol–water partition coefficient (Wildman–Crippen LogP) is 2.02. The lowest BCUT2D eigenvalue weighted by atomic mass is 10.1. The number of hydrogen-bond donors (Lipinski definition) is 2. The van der Waals surface area contributed by atoms with E-state index in [-0.39, 0.29) is 25.7 Å². The van der Waals surface area contributed by atoms with Crippen molar-refractivity contribution in [3.05, 3.63) is 52.0 Å². The molecule has 2 N–H and O–H groups in total. The third kappa shape index (κ3) is 5.26. The van der Waals surface area contributed by atoms with E-state index >= 15 is 0 Å². The highest BCUT2D eigenvalue weighted by molar-refractivity contribution is 9.10. The summed E-state index contributed by atoms with van der Waals surface area (Å²) in [6.07, 6.45) is 0. The fourth-order valence-electron chi connectivity index (χ4n) is 2.72. The summed E-state index contributed by atoms with van der Waals surface area (Å²) in [4.78, 5) is 37.6. The number of hydrogen-bond acceptors (Lipinski definition) is 5. The molecular formula is C20H20BrN3O5. The number of nitrogens with zero attached hydrogens (tertiary/aromatic N) is 1. The molecule has 3 rings (SSSR count). The van der Waals surface area contributed by atoms with E-state index in [2.05, 4.69) is 26.8 Å².